The lowest BCUT2D eigenvalue weighted by atomic mass is 10.1. The first-order valence-electron chi connectivity index (χ1n) is 9.77. The van der Waals surface area contributed by atoms with Gasteiger partial charge in [0.25, 0.3) is 5.56 Å². The number of nitrogens with zero attached hydrogens (tertiary/aromatic N) is 5. The summed E-state index contributed by atoms with van der Waals surface area (Å²) in [6, 6.07) is 13.3. The molecule has 0 aliphatic carbocycles. The van der Waals surface area contributed by atoms with Gasteiger partial charge in [0.05, 0.1) is 17.9 Å². The number of fused-ring (bicyclic) bond motifs is 1. The standard InChI is InChI=1S/C22H23N5O2/c1-4-14-29-17-11-7-6-10-15(17)21-24-19-16(5-2)27(18-12-8-9-13-23-18)25-20(19)22(28)26(21)3/h6-13H,4-5,14H2,1-3H3. The smallest absolute Gasteiger partial charge is 0.281 e. The van der Waals surface area contributed by atoms with Crippen molar-refractivity contribution in [2.75, 3.05) is 6.61 Å². The van der Waals surface area contributed by atoms with Crippen LogP contribution in [0.5, 0.6) is 5.75 Å². The normalized spacial score (nSPS) is 11.1. The molecule has 0 atom stereocenters. The molecule has 0 fully saturated rings. The third kappa shape index (κ3) is 3.29. The van der Waals surface area contributed by atoms with Crippen LogP contribution in [0.1, 0.15) is 26.0 Å². The van der Waals surface area contributed by atoms with Crippen LogP contribution in [0.2, 0.25) is 0 Å². The zero-order valence-electron chi connectivity index (χ0n) is 16.8. The maximum atomic E-state index is 13.1. The average Bonchev–Trinajstić information content (AvgIpc) is 3.14. The lowest BCUT2D eigenvalue weighted by Gasteiger charge is -2.13. The second kappa shape index (κ2) is 7.87. The van der Waals surface area contributed by atoms with E-state index in [0.717, 1.165) is 17.7 Å². The molecule has 0 radical (unpaired) electrons. The highest BCUT2D eigenvalue weighted by atomic mass is 16.5. The van der Waals surface area contributed by atoms with Crippen LogP contribution in [-0.4, -0.2) is 30.9 Å². The number of rotatable bonds is 6. The third-order valence-corrected chi connectivity index (χ3v) is 4.79. The molecule has 0 saturated heterocycles. The highest BCUT2D eigenvalue weighted by Gasteiger charge is 2.21. The van der Waals surface area contributed by atoms with Crippen molar-refractivity contribution >= 4 is 11.0 Å². The first-order valence-corrected chi connectivity index (χ1v) is 9.77. The van der Waals surface area contributed by atoms with Gasteiger partial charge in [0.15, 0.2) is 11.3 Å². The van der Waals surface area contributed by atoms with Crippen molar-refractivity contribution in [3.63, 3.8) is 0 Å². The number of hydrogen-bond acceptors (Lipinski definition) is 5. The molecule has 4 aromatic rings. The molecule has 1 aromatic carbocycles. The van der Waals surface area contributed by atoms with Gasteiger partial charge in [-0.2, -0.15) is 5.10 Å². The lowest BCUT2D eigenvalue weighted by molar-refractivity contribution is 0.318. The quantitative estimate of drug-likeness (QED) is 0.504. The summed E-state index contributed by atoms with van der Waals surface area (Å²) in [5.41, 5.74) is 2.38. The molecule has 0 amide bonds. The number of para-hydroxylation sites is 1. The SMILES string of the molecule is CCCOc1ccccc1-c1nc2c(CC)n(-c3ccccn3)nc2c(=O)n1C. The number of aryl methyl sites for hydroxylation is 1. The topological polar surface area (TPSA) is 74.8 Å². The fourth-order valence-electron chi connectivity index (χ4n) is 3.36. The average molecular weight is 389 g/mol. The van der Waals surface area contributed by atoms with Crippen molar-refractivity contribution in [3.05, 3.63) is 64.7 Å². The van der Waals surface area contributed by atoms with E-state index < -0.39 is 0 Å². The minimum absolute atomic E-state index is 0.195. The highest BCUT2D eigenvalue weighted by molar-refractivity contribution is 5.80. The summed E-state index contributed by atoms with van der Waals surface area (Å²) < 4.78 is 9.14. The number of hydrogen-bond donors (Lipinski definition) is 0. The molecule has 0 spiro atoms. The molecule has 7 heteroatoms. The molecule has 3 heterocycles. The molecule has 148 valence electrons. The van der Waals surface area contributed by atoms with Crippen LogP contribution in [-0.2, 0) is 13.5 Å². The molecule has 0 bridgehead atoms. The van der Waals surface area contributed by atoms with E-state index in [1.54, 1.807) is 17.9 Å². The Balaban J connectivity index is 1.97. The Hall–Kier alpha value is -3.48. The van der Waals surface area contributed by atoms with Gasteiger partial charge >= 0.3 is 0 Å². The predicted octanol–water partition coefficient (Wildman–Crippen LogP) is 3.53. The van der Waals surface area contributed by atoms with E-state index in [2.05, 4.69) is 17.0 Å². The molecule has 0 N–H and O–H groups in total. The Morgan fingerprint density at radius 2 is 1.83 bits per heavy atom. The van der Waals surface area contributed by atoms with Crippen molar-refractivity contribution in [2.45, 2.75) is 26.7 Å². The van der Waals surface area contributed by atoms with Crippen molar-refractivity contribution in [1.29, 1.82) is 0 Å². The molecule has 29 heavy (non-hydrogen) atoms. The van der Waals surface area contributed by atoms with Gasteiger partial charge in [-0.05, 0) is 37.1 Å². The van der Waals surface area contributed by atoms with E-state index in [9.17, 15) is 4.79 Å². The zero-order chi connectivity index (χ0) is 20.4. The first-order chi connectivity index (χ1) is 14.2. The second-order valence-electron chi connectivity index (χ2n) is 6.74. The number of aromatic nitrogens is 5. The van der Waals surface area contributed by atoms with Crippen molar-refractivity contribution < 1.29 is 4.74 Å². The van der Waals surface area contributed by atoms with Crippen molar-refractivity contribution in [3.8, 4) is 23.0 Å². The van der Waals surface area contributed by atoms with Crippen LogP contribution in [0.15, 0.2) is 53.5 Å². The monoisotopic (exact) mass is 389 g/mol. The molecule has 7 nitrogen and oxygen atoms in total. The van der Waals surface area contributed by atoms with E-state index >= 15 is 0 Å². The van der Waals surface area contributed by atoms with Gasteiger partial charge in [-0.25, -0.2) is 14.6 Å². The Labute approximate surface area is 168 Å². The molecule has 4 rings (SSSR count). The first kappa shape index (κ1) is 18.9. The Bertz CT molecular complexity index is 1210. The van der Waals surface area contributed by atoms with E-state index in [4.69, 9.17) is 9.72 Å². The van der Waals surface area contributed by atoms with Gasteiger partial charge < -0.3 is 4.74 Å². The zero-order valence-corrected chi connectivity index (χ0v) is 16.8. The lowest BCUT2D eigenvalue weighted by Crippen LogP contribution is -2.20. The van der Waals surface area contributed by atoms with Crippen molar-refractivity contribution in [2.24, 2.45) is 7.05 Å². The van der Waals surface area contributed by atoms with Crippen LogP contribution in [0, 0.1) is 0 Å². The summed E-state index contributed by atoms with van der Waals surface area (Å²) in [6.45, 7) is 4.68. The Kier molecular flexibility index (Phi) is 5.12. The van der Waals surface area contributed by atoms with Crippen LogP contribution < -0.4 is 10.3 Å². The van der Waals surface area contributed by atoms with Crippen LogP contribution in [0.25, 0.3) is 28.2 Å². The van der Waals surface area contributed by atoms with E-state index in [0.29, 0.717) is 41.5 Å². The highest BCUT2D eigenvalue weighted by Crippen LogP contribution is 2.29. The van der Waals surface area contributed by atoms with Crippen LogP contribution in [0.3, 0.4) is 0 Å². The molecule has 0 unspecified atom stereocenters. The summed E-state index contributed by atoms with van der Waals surface area (Å²) in [5, 5.41) is 4.55. The summed E-state index contributed by atoms with van der Waals surface area (Å²) in [4.78, 5) is 22.4. The van der Waals surface area contributed by atoms with Gasteiger partial charge in [0.2, 0.25) is 0 Å². The van der Waals surface area contributed by atoms with E-state index in [-0.39, 0.29) is 5.56 Å². The van der Waals surface area contributed by atoms with E-state index in [1.165, 1.54) is 4.57 Å². The predicted molar refractivity (Wildman–Crippen MR) is 113 cm³/mol. The summed E-state index contributed by atoms with van der Waals surface area (Å²) in [5.74, 6) is 1.94. The van der Waals surface area contributed by atoms with E-state index in [1.807, 2.05) is 49.4 Å². The largest absolute Gasteiger partial charge is 0.493 e. The Morgan fingerprint density at radius 3 is 2.55 bits per heavy atom. The molecule has 0 saturated carbocycles. The minimum Gasteiger partial charge on any atom is -0.493 e. The molecule has 0 aliphatic rings. The Morgan fingerprint density at radius 1 is 1.03 bits per heavy atom. The summed E-state index contributed by atoms with van der Waals surface area (Å²) in [7, 11) is 1.71. The number of pyridine rings is 1. The molecular weight excluding hydrogens is 366 g/mol. The van der Waals surface area contributed by atoms with Gasteiger partial charge in [0.1, 0.15) is 17.1 Å². The van der Waals surface area contributed by atoms with Crippen molar-refractivity contribution in [1.82, 2.24) is 24.3 Å². The van der Waals surface area contributed by atoms with Gasteiger partial charge in [-0.1, -0.05) is 32.0 Å². The molecular formula is C22H23N5O2. The fourth-order valence-corrected chi connectivity index (χ4v) is 3.36. The van der Waals surface area contributed by atoms with Gasteiger partial charge in [0, 0.05) is 13.2 Å². The van der Waals surface area contributed by atoms with Crippen LogP contribution in [0.4, 0.5) is 0 Å². The number of ether oxygens (including phenoxy) is 1. The number of benzene rings is 1. The second-order valence-corrected chi connectivity index (χ2v) is 6.74. The summed E-state index contributed by atoms with van der Waals surface area (Å²) >= 11 is 0. The maximum absolute atomic E-state index is 13.1. The fraction of sp³-hybridized carbons (Fsp3) is 0.273. The third-order valence-electron chi connectivity index (χ3n) is 4.79. The molecule has 3 aromatic heterocycles. The minimum atomic E-state index is -0.195. The maximum Gasteiger partial charge on any atom is 0.281 e. The molecule has 0 aliphatic heterocycles. The van der Waals surface area contributed by atoms with Gasteiger partial charge in [-0.15, -0.1) is 0 Å². The summed E-state index contributed by atoms with van der Waals surface area (Å²) in [6.07, 6.45) is 3.27. The van der Waals surface area contributed by atoms with Gasteiger partial charge in [-0.3, -0.25) is 9.36 Å². The van der Waals surface area contributed by atoms with Crippen LogP contribution >= 0.6 is 0 Å².